The molecular weight excluding hydrogens is 567 g/mol. The number of hydrogen-bond acceptors (Lipinski definition) is 9. The quantitative estimate of drug-likeness (QED) is 0.341. The third kappa shape index (κ3) is 7.37. The van der Waals surface area contributed by atoms with Gasteiger partial charge in [0.05, 0.1) is 42.9 Å². The monoisotopic (exact) mass is 604 g/mol. The number of aromatic nitrogens is 2. The number of anilines is 2. The van der Waals surface area contributed by atoms with Crippen molar-refractivity contribution < 1.29 is 31.3 Å². The first-order valence-corrected chi connectivity index (χ1v) is 15.4. The van der Waals surface area contributed by atoms with E-state index in [0.717, 1.165) is 6.26 Å². The van der Waals surface area contributed by atoms with E-state index < -0.39 is 21.5 Å². The number of likely N-dealkylation sites (tertiary alicyclic amines) is 1. The van der Waals surface area contributed by atoms with Crippen molar-refractivity contribution in [3.63, 3.8) is 0 Å². The molecule has 1 saturated heterocycles. The molecule has 1 aliphatic rings. The topological polar surface area (TPSA) is 120 Å². The second-order valence-electron chi connectivity index (χ2n) is 11.3. The Kier molecular flexibility index (Phi) is 9.12. The number of fused-ring (bicyclic) bond motifs is 1. The lowest BCUT2D eigenvalue weighted by Gasteiger charge is -2.34. The molecular formula is C29H37FN4O7S. The summed E-state index contributed by atoms with van der Waals surface area (Å²) in [6.07, 6.45) is 3.18. The van der Waals surface area contributed by atoms with Gasteiger partial charge in [-0.25, -0.2) is 14.2 Å². The molecule has 1 aromatic heterocycles. The van der Waals surface area contributed by atoms with Gasteiger partial charge in [0, 0.05) is 37.4 Å². The summed E-state index contributed by atoms with van der Waals surface area (Å²) in [4.78, 5) is 33.9. The lowest BCUT2D eigenvalue weighted by molar-refractivity contribution is 0.0187. The Morgan fingerprint density at radius 2 is 1.86 bits per heavy atom. The van der Waals surface area contributed by atoms with Crippen LogP contribution in [0.4, 0.5) is 20.6 Å². The first-order valence-electron chi connectivity index (χ1n) is 13.6. The van der Waals surface area contributed by atoms with Gasteiger partial charge >= 0.3 is 6.09 Å². The molecule has 0 N–H and O–H groups in total. The Bertz CT molecular complexity index is 1630. The van der Waals surface area contributed by atoms with Gasteiger partial charge in [0.25, 0.3) is 15.7 Å². The highest BCUT2D eigenvalue weighted by atomic mass is 32.2. The summed E-state index contributed by atoms with van der Waals surface area (Å²) in [6.45, 7) is 7.64. The molecule has 42 heavy (non-hydrogen) atoms. The summed E-state index contributed by atoms with van der Waals surface area (Å²) in [5.74, 6) is -0.101. The zero-order valence-corrected chi connectivity index (χ0v) is 25.5. The van der Waals surface area contributed by atoms with E-state index in [9.17, 15) is 18.0 Å². The van der Waals surface area contributed by atoms with Gasteiger partial charge in [-0.05, 0) is 70.4 Å². The van der Waals surface area contributed by atoms with Crippen molar-refractivity contribution in [3.05, 3.63) is 58.4 Å². The van der Waals surface area contributed by atoms with E-state index in [4.69, 9.17) is 13.7 Å². The minimum absolute atomic E-state index is 0.0281. The van der Waals surface area contributed by atoms with Crippen LogP contribution in [-0.4, -0.2) is 74.2 Å². The van der Waals surface area contributed by atoms with Crippen molar-refractivity contribution >= 4 is 38.5 Å². The number of methoxy groups -OCH3 is 1. The van der Waals surface area contributed by atoms with Crippen LogP contribution < -0.4 is 15.2 Å². The van der Waals surface area contributed by atoms with E-state index >= 15 is 4.39 Å². The Morgan fingerprint density at radius 1 is 1.17 bits per heavy atom. The minimum Gasteiger partial charge on any atom is -0.497 e. The molecule has 4 rings (SSSR count). The third-order valence-corrected chi connectivity index (χ3v) is 7.53. The Morgan fingerprint density at radius 3 is 2.48 bits per heavy atom. The molecule has 0 aliphatic carbocycles. The van der Waals surface area contributed by atoms with Crippen molar-refractivity contribution in [1.82, 2.24) is 14.5 Å². The van der Waals surface area contributed by atoms with E-state index in [-0.39, 0.29) is 36.5 Å². The third-order valence-electron chi connectivity index (χ3n) is 6.94. The molecule has 2 aromatic carbocycles. The van der Waals surface area contributed by atoms with Crippen molar-refractivity contribution in [1.29, 1.82) is 0 Å². The minimum atomic E-state index is -3.73. The largest absolute Gasteiger partial charge is 0.497 e. The van der Waals surface area contributed by atoms with E-state index in [1.54, 1.807) is 45.6 Å². The van der Waals surface area contributed by atoms with E-state index in [0.29, 0.717) is 53.8 Å². The summed E-state index contributed by atoms with van der Waals surface area (Å²) in [6, 6.07) is 7.86. The average Bonchev–Trinajstić information content (AvgIpc) is 2.91. The van der Waals surface area contributed by atoms with Crippen LogP contribution >= 0.6 is 0 Å². The number of carbonyl (C=O) groups is 1. The molecule has 2 heterocycles. The van der Waals surface area contributed by atoms with Crippen molar-refractivity contribution in [3.8, 4) is 5.75 Å². The molecule has 1 aliphatic heterocycles. The second-order valence-corrected chi connectivity index (χ2v) is 13.0. The zero-order chi connectivity index (χ0) is 30.8. The first kappa shape index (κ1) is 31.2. The van der Waals surface area contributed by atoms with Crippen LogP contribution in [0.5, 0.6) is 5.75 Å². The summed E-state index contributed by atoms with van der Waals surface area (Å²) >= 11 is 0. The molecule has 0 unspecified atom stereocenters. The summed E-state index contributed by atoms with van der Waals surface area (Å²) in [7, 11) is -2.27. The van der Waals surface area contributed by atoms with Gasteiger partial charge in [-0.2, -0.15) is 8.42 Å². The number of carbonyl (C=O) groups excluding carboxylic acids is 1. The highest BCUT2D eigenvalue weighted by Crippen LogP contribution is 2.34. The normalized spacial score (nSPS) is 14.7. The zero-order valence-electron chi connectivity index (χ0n) is 24.7. The van der Waals surface area contributed by atoms with E-state index in [1.807, 2.05) is 20.8 Å². The predicted molar refractivity (Wildman–Crippen MR) is 158 cm³/mol. The standard InChI is InChI=1S/C29H37FN4O7S/c1-19-15-22(39-5)17-25(26(19)30)33(13-14-40-42(6,37)38)21-7-8-24-23(16-21)27(35)34(18-31-24)20-9-11-32(12-10-20)28(36)41-29(2,3)4/h7-8,15-18,20H,9-14H2,1-6H3. The molecule has 1 fully saturated rings. The Balaban J connectivity index is 1.67. The molecule has 3 aromatic rings. The van der Waals surface area contributed by atoms with E-state index in [1.165, 1.54) is 19.5 Å². The van der Waals surface area contributed by atoms with Crippen LogP contribution in [0.1, 0.15) is 45.2 Å². The molecule has 0 radical (unpaired) electrons. The highest BCUT2D eigenvalue weighted by molar-refractivity contribution is 7.85. The van der Waals surface area contributed by atoms with Crippen LogP contribution in [0.15, 0.2) is 41.5 Å². The number of halogens is 1. The van der Waals surface area contributed by atoms with E-state index in [2.05, 4.69) is 4.98 Å². The van der Waals surface area contributed by atoms with Crippen molar-refractivity contribution in [2.75, 3.05) is 44.5 Å². The van der Waals surface area contributed by atoms with Crippen LogP contribution in [0, 0.1) is 12.7 Å². The number of rotatable bonds is 8. The molecule has 13 heteroatoms. The highest BCUT2D eigenvalue weighted by Gasteiger charge is 2.28. The maximum Gasteiger partial charge on any atom is 0.410 e. The summed E-state index contributed by atoms with van der Waals surface area (Å²) in [5, 5.41) is 0.318. The number of ether oxygens (including phenoxy) is 2. The van der Waals surface area contributed by atoms with Gasteiger partial charge in [0.2, 0.25) is 0 Å². The number of hydrogen-bond donors (Lipinski definition) is 0. The second kappa shape index (κ2) is 12.3. The van der Waals surface area contributed by atoms with Crippen LogP contribution in [-0.2, 0) is 19.0 Å². The number of amides is 1. The molecule has 1 amide bonds. The van der Waals surface area contributed by atoms with Crippen molar-refractivity contribution in [2.45, 2.75) is 52.2 Å². The molecule has 11 nitrogen and oxygen atoms in total. The smallest absolute Gasteiger partial charge is 0.410 e. The van der Waals surface area contributed by atoms with Gasteiger partial charge in [-0.1, -0.05) is 0 Å². The van der Waals surface area contributed by atoms with Gasteiger partial charge in [0.1, 0.15) is 17.2 Å². The average molecular weight is 605 g/mol. The van der Waals surface area contributed by atoms with Gasteiger partial charge < -0.3 is 19.3 Å². The molecule has 0 bridgehead atoms. The fourth-order valence-corrected chi connectivity index (χ4v) is 5.28. The maximum atomic E-state index is 15.4. The molecule has 0 spiro atoms. The first-order chi connectivity index (χ1) is 19.7. The Labute approximate surface area is 244 Å². The van der Waals surface area contributed by atoms with Crippen LogP contribution in [0.2, 0.25) is 0 Å². The lowest BCUT2D eigenvalue weighted by atomic mass is 10.0. The maximum absolute atomic E-state index is 15.4. The van der Waals surface area contributed by atoms with Gasteiger partial charge in [0.15, 0.2) is 0 Å². The fraction of sp³-hybridized carbons (Fsp3) is 0.483. The molecule has 228 valence electrons. The van der Waals surface area contributed by atoms with Gasteiger partial charge in [-0.15, -0.1) is 0 Å². The fourth-order valence-electron chi connectivity index (χ4n) is 4.91. The lowest BCUT2D eigenvalue weighted by Crippen LogP contribution is -2.43. The van der Waals surface area contributed by atoms with Crippen LogP contribution in [0.3, 0.4) is 0 Å². The molecule has 0 saturated carbocycles. The summed E-state index contributed by atoms with van der Waals surface area (Å²) < 4.78 is 56.0. The summed E-state index contributed by atoms with van der Waals surface area (Å²) in [5.41, 5.74) is 0.515. The number of piperidine rings is 1. The SMILES string of the molecule is COc1cc(C)c(F)c(N(CCOS(C)(=O)=O)c2ccc3ncn(C4CCN(C(=O)OC(C)(C)C)CC4)c(=O)c3c2)c1. The number of aryl methyl sites for hydroxylation is 1. The van der Waals surface area contributed by atoms with Gasteiger partial charge in [-0.3, -0.25) is 13.5 Å². The molecule has 0 atom stereocenters. The van der Waals surface area contributed by atoms with Crippen LogP contribution in [0.25, 0.3) is 10.9 Å². The number of benzene rings is 2. The number of nitrogens with zero attached hydrogens (tertiary/aromatic N) is 4. The van der Waals surface area contributed by atoms with Crippen molar-refractivity contribution in [2.24, 2.45) is 0 Å². The Hall–Kier alpha value is -3.71. The predicted octanol–water partition coefficient (Wildman–Crippen LogP) is 4.54.